The van der Waals surface area contributed by atoms with E-state index in [1.54, 1.807) is 0 Å². The molecule has 2 N–H and O–H groups in total. The average molecular weight is 384 g/mol. The highest BCUT2D eigenvalue weighted by atomic mass is 16.5. The Balaban J connectivity index is 1.49. The Bertz CT molecular complexity index is 762. The van der Waals surface area contributed by atoms with Crippen LogP contribution in [0, 0.1) is 6.92 Å². The van der Waals surface area contributed by atoms with Crippen molar-refractivity contribution >= 4 is 5.96 Å². The van der Waals surface area contributed by atoms with Crippen LogP contribution < -0.4 is 10.6 Å². The van der Waals surface area contributed by atoms with Crippen LogP contribution in [-0.4, -0.2) is 47.6 Å². The fraction of sp³-hybridized carbons (Fsp3) is 0.545. The average Bonchev–Trinajstić information content (AvgIpc) is 3.30. The Kier molecular flexibility index (Phi) is 7.09. The van der Waals surface area contributed by atoms with Crippen molar-refractivity contribution in [3.05, 3.63) is 47.8 Å². The van der Waals surface area contributed by atoms with E-state index in [0.717, 1.165) is 62.7 Å². The van der Waals surface area contributed by atoms with Crippen LogP contribution in [0.4, 0.5) is 0 Å². The number of guanidine groups is 1. The lowest BCUT2D eigenvalue weighted by Crippen LogP contribution is -2.39. The van der Waals surface area contributed by atoms with E-state index in [2.05, 4.69) is 54.8 Å². The summed E-state index contributed by atoms with van der Waals surface area (Å²) in [6.07, 6.45) is 6.38. The van der Waals surface area contributed by atoms with E-state index < -0.39 is 0 Å². The van der Waals surface area contributed by atoms with E-state index in [9.17, 15) is 0 Å². The SMILES string of the molecule is CCNC(=NCC1(C)CCCO1)NCCCc1cn(-c2ccccc2)nc1C. The minimum absolute atomic E-state index is 0.106. The molecule has 2 aromatic rings. The Morgan fingerprint density at radius 1 is 1.29 bits per heavy atom. The molecule has 28 heavy (non-hydrogen) atoms. The predicted molar refractivity (Wildman–Crippen MR) is 114 cm³/mol. The van der Waals surface area contributed by atoms with Crippen molar-refractivity contribution in [1.82, 2.24) is 20.4 Å². The zero-order valence-corrected chi connectivity index (χ0v) is 17.4. The van der Waals surface area contributed by atoms with Crippen LogP contribution in [0.25, 0.3) is 5.69 Å². The van der Waals surface area contributed by atoms with Crippen LogP contribution in [0.1, 0.15) is 44.4 Å². The molecule has 6 heteroatoms. The zero-order chi connectivity index (χ0) is 19.8. The van der Waals surface area contributed by atoms with Gasteiger partial charge in [-0.2, -0.15) is 5.10 Å². The van der Waals surface area contributed by atoms with Gasteiger partial charge in [-0.05, 0) is 64.2 Å². The molecule has 1 fully saturated rings. The van der Waals surface area contributed by atoms with Gasteiger partial charge in [0.15, 0.2) is 5.96 Å². The molecule has 1 aromatic carbocycles. The summed E-state index contributed by atoms with van der Waals surface area (Å²) >= 11 is 0. The fourth-order valence-electron chi connectivity index (χ4n) is 3.49. The maximum absolute atomic E-state index is 5.83. The smallest absolute Gasteiger partial charge is 0.191 e. The summed E-state index contributed by atoms with van der Waals surface area (Å²) in [4.78, 5) is 4.73. The third-order valence-electron chi connectivity index (χ3n) is 5.15. The van der Waals surface area contributed by atoms with Crippen molar-refractivity contribution in [3.63, 3.8) is 0 Å². The van der Waals surface area contributed by atoms with Gasteiger partial charge in [0.1, 0.15) is 0 Å². The number of rotatable bonds is 8. The first-order valence-electron chi connectivity index (χ1n) is 10.4. The van der Waals surface area contributed by atoms with Crippen LogP contribution in [0.15, 0.2) is 41.5 Å². The molecule has 152 valence electrons. The molecule has 0 saturated carbocycles. The topological polar surface area (TPSA) is 63.5 Å². The number of aromatic nitrogens is 2. The molecule has 6 nitrogen and oxygen atoms in total. The van der Waals surface area contributed by atoms with E-state index in [1.165, 1.54) is 5.56 Å². The first kappa shape index (κ1) is 20.4. The highest BCUT2D eigenvalue weighted by Gasteiger charge is 2.29. The second-order valence-corrected chi connectivity index (χ2v) is 7.65. The summed E-state index contributed by atoms with van der Waals surface area (Å²) in [6, 6.07) is 10.2. The van der Waals surface area contributed by atoms with Gasteiger partial charge in [0.25, 0.3) is 0 Å². The van der Waals surface area contributed by atoms with Gasteiger partial charge in [-0.3, -0.25) is 4.99 Å². The largest absolute Gasteiger partial charge is 0.373 e. The number of ether oxygens (including phenoxy) is 1. The molecule has 0 aliphatic carbocycles. The Morgan fingerprint density at radius 2 is 2.11 bits per heavy atom. The van der Waals surface area contributed by atoms with Gasteiger partial charge < -0.3 is 15.4 Å². The number of aryl methyl sites for hydroxylation is 2. The molecule has 0 radical (unpaired) electrons. The lowest BCUT2D eigenvalue weighted by molar-refractivity contribution is 0.0283. The van der Waals surface area contributed by atoms with Crippen LogP contribution in [0.3, 0.4) is 0 Å². The monoisotopic (exact) mass is 383 g/mol. The van der Waals surface area contributed by atoms with Crippen molar-refractivity contribution < 1.29 is 4.74 Å². The molecule has 3 rings (SSSR count). The van der Waals surface area contributed by atoms with E-state index in [-0.39, 0.29) is 5.60 Å². The Morgan fingerprint density at radius 3 is 2.82 bits per heavy atom. The van der Waals surface area contributed by atoms with Gasteiger partial charge in [0, 0.05) is 25.9 Å². The van der Waals surface area contributed by atoms with Crippen LogP contribution in [0.2, 0.25) is 0 Å². The molecule has 1 aliphatic rings. The molecule has 1 saturated heterocycles. The molecule has 1 unspecified atom stereocenters. The fourth-order valence-corrected chi connectivity index (χ4v) is 3.49. The molecule has 0 amide bonds. The number of hydrogen-bond acceptors (Lipinski definition) is 3. The molecule has 0 bridgehead atoms. The number of para-hydroxylation sites is 1. The van der Waals surface area contributed by atoms with Crippen molar-refractivity contribution in [2.75, 3.05) is 26.2 Å². The molecular weight excluding hydrogens is 350 g/mol. The van der Waals surface area contributed by atoms with Gasteiger partial charge in [0.2, 0.25) is 0 Å². The highest BCUT2D eigenvalue weighted by molar-refractivity contribution is 5.79. The number of nitrogens with one attached hydrogen (secondary N) is 2. The first-order chi connectivity index (χ1) is 13.6. The molecule has 0 spiro atoms. The molecule has 2 heterocycles. The summed E-state index contributed by atoms with van der Waals surface area (Å²) in [5, 5.41) is 11.4. The summed E-state index contributed by atoms with van der Waals surface area (Å²) in [5.41, 5.74) is 3.38. The molecule has 1 aliphatic heterocycles. The van der Waals surface area contributed by atoms with E-state index >= 15 is 0 Å². The summed E-state index contributed by atoms with van der Waals surface area (Å²) in [7, 11) is 0. The lowest BCUT2D eigenvalue weighted by Gasteiger charge is -2.21. The molecular formula is C22H33N5O. The highest BCUT2D eigenvalue weighted by Crippen LogP contribution is 2.25. The van der Waals surface area contributed by atoms with Crippen molar-refractivity contribution in [2.45, 2.75) is 52.1 Å². The predicted octanol–water partition coefficient (Wildman–Crippen LogP) is 3.24. The minimum Gasteiger partial charge on any atom is -0.373 e. The third kappa shape index (κ3) is 5.58. The van der Waals surface area contributed by atoms with Gasteiger partial charge >= 0.3 is 0 Å². The standard InChI is InChI=1S/C22H33N5O/c1-4-23-21(25-17-22(3)13-9-15-28-22)24-14-8-10-19-16-27(26-18(19)2)20-11-6-5-7-12-20/h5-7,11-12,16H,4,8-10,13-15,17H2,1-3H3,(H2,23,24,25). The number of nitrogens with zero attached hydrogens (tertiary/aromatic N) is 3. The summed E-state index contributed by atoms with van der Waals surface area (Å²) in [6.45, 7) is 9.60. The van der Waals surface area contributed by atoms with Crippen molar-refractivity contribution in [2.24, 2.45) is 4.99 Å². The van der Waals surface area contributed by atoms with Crippen LogP contribution in [-0.2, 0) is 11.2 Å². The Labute approximate surface area is 168 Å². The summed E-state index contributed by atoms with van der Waals surface area (Å²) < 4.78 is 7.80. The van der Waals surface area contributed by atoms with Crippen molar-refractivity contribution in [3.8, 4) is 5.69 Å². The van der Waals surface area contributed by atoms with Crippen LogP contribution >= 0.6 is 0 Å². The van der Waals surface area contributed by atoms with Gasteiger partial charge in [0.05, 0.1) is 23.5 Å². The lowest BCUT2D eigenvalue weighted by atomic mass is 10.0. The first-order valence-corrected chi connectivity index (χ1v) is 10.4. The second-order valence-electron chi connectivity index (χ2n) is 7.65. The van der Waals surface area contributed by atoms with Gasteiger partial charge in [-0.15, -0.1) is 0 Å². The molecule has 1 atom stereocenters. The maximum atomic E-state index is 5.83. The zero-order valence-electron chi connectivity index (χ0n) is 17.4. The minimum atomic E-state index is -0.106. The maximum Gasteiger partial charge on any atom is 0.191 e. The van der Waals surface area contributed by atoms with E-state index in [0.29, 0.717) is 6.54 Å². The van der Waals surface area contributed by atoms with Crippen LogP contribution in [0.5, 0.6) is 0 Å². The Hall–Kier alpha value is -2.34. The van der Waals surface area contributed by atoms with E-state index in [4.69, 9.17) is 9.73 Å². The number of benzene rings is 1. The van der Waals surface area contributed by atoms with Gasteiger partial charge in [-0.1, -0.05) is 18.2 Å². The quantitative estimate of drug-likeness (QED) is 0.417. The number of hydrogen-bond donors (Lipinski definition) is 2. The molecule has 1 aromatic heterocycles. The number of aliphatic imine (C=N–C) groups is 1. The van der Waals surface area contributed by atoms with Crippen molar-refractivity contribution in [1.29, 1.82) is 0 Å². The summed E-state index contributed by atoms with van der Waals surface area (Å²) in [5.74, 6) is 0.871. The van der Waals surface area contributed by atoms with Gasteiger partial charge in [-0.25, -0.2) is 4.68 Å². The third-order valence-corrected chi connectivity index (χ3v) is 5.15. The second kappa shape index (κ2) is 9.73. The van der Waals surface area contributed by atoms with E-state index in [1.807, 2.05) is 22.9 Å². The normalized spacial score (nSPS) is 19.8.